The number of pyridine rings is 1. The van der Waals surface area contributed by atoms with Crippen LogP contribution in [0, 0.1) is 0 Å². The van der Waals surface area contributed by atoms with E-state index in [1.165, 1.54) is 91.3 Å². The highest BCUT2D eigenvalue weighted by atomic mass is 14.7. The Balaban J connectivity index is 1.52. The van der Waals surface area contributed by atoms with Crippen molar-refractivity contribution >= 4 is 21.5 Å². The van der Waals surface area contributed by atoms with Gasteiger partial charge in [-0.25, -0.2) is 0 Å². The van der Waals surface area contributed by atoms with Crippen LogP contribution in [0.3, 0.4) is 0 Å². The van der Waals surface area contributed by atoms with Crippen LogP contribution in [0.25, 0.3) is 32.8 Å². The van der Waals surface area contributed by atoms with Crippen molar-refractivity contribution in [3.63, 3.8) is 0 Å². The van der Waals surface area contributed by atoms with E-state index < -0.39 is 0 Å². The van der Waals surface area contributed by atoms with Crippen LogP contribution in [0.15, 0.2) is 66.9 Å². The first-order valence-electron chi connectivity index (χ1n) is 12.8. The van der Waals surface area contributed by atoms with Crippen LogP contribution >= 0.6 is 0 Å². The van der Waals surface area contributed by atoms with Crippen LogP contribution in [0.4, 0.5) is 0 Å². The van der Waals surface area contributed by atoms with Gasteiger partial charge in [0.1, 0.15) is 0 Å². The van der Waals surface area contributed by atoms with Crippen molar-refractivity contribution in [2.24, 2.45) is 0 Å². The molecule has 2 aliphatic rings. The van der Waals surface area contributed by atoms with Crippen LogP contribution in [-0.4, -0.2) is 4.98 Å². The standard InChI is InChI=1S/C31H33N/c1-3-9-22(10-4-1)25-19-26(23-11-5-2-6-12-23)21-27(20-25)31-30-16-15-24-13-7-8-14-28(24)29(30)17-18-32-31/h7-8,13-23H,1-6,9-12H2. The van der Waals surface area contributed by atoms with Crippen molar-refractivity contribution in [3.8, 4) is 11.3 Å². The molecule has 0 bridgehead atoms. The second kappa shape index (κ2) is 8.70. The zero-order valence-corrected chi connectivity index (χ0v) is 19.0. The maximum Gasteiger partial charge on any atom is 0.0780 e. The van der Waals surface area contributed by atoms with Crippen LogP contribution in [0.2, 0.25) is 0 Å². The Morgan fingerprint density at radius 2 is 1.22 bits per heavy atom. The Morgan fingerprint density at radius 1 is 0.562 bits per heavy atom. The van der Waals surface area contributed by atoms with Crippen molar-refractivity contribution in [2.75, 3.05) is 0 Å². The summed E-state index contributed by atoms with van der Waals surface area (Å²) >= 11 is 0. The van der Waals surface area contributed by atoms with E-state index in [-0.39, 0.29) is 0 Å². The summed E-state index contributed by atoms with van der Waals surface area (Å²) < 4.78 is 0. The Morgan fingerprint density at radius 3 is 1.91 bits per heavy atom. The van der Waals surface area contributed by atoms with Crippen molar-refractivity contribution in [2.45, 2.75) is 76.0 Å². The third kappa shape index (κ3) is 3.72. The number of aromatic nitrogens is 1. The van der Waals surface area contributed by atoms with Gasteiger partial charge in [0.2, 0.25) is 0 Å². The average Bonchev–Trinajstić information content (AvgIpc) is 2.89. The zero-order valence-electron chi connectivity index (χ0n) is 19.0. The monoisotopic (exact) mass is 419 g/mol. The van der Waals surface area contributed by atoms with Gasteiger partial charge in [-0.15, -0.1) is 0 Å². The minimum atomic E-state index is 0.724. The quantitative estimate of drug-likeness (QED) is 0.302. The summed E-state index contributed by atoms with van der Waals surface area (Å²) in [5.74, 6) is 1.45. The zero-order chi connectivity index (χ0) is 21.3. The summed E-state index contributed by atoms with van der Waals surface area (Å²) in [5.41, 5.74) is 5.63. The Bertz CT molecular complexity index is 1210. The summed E-state index contributed by atoms with van der Waals surface area (Å²) in [6, 6.07) is 23.0. The highest BCUT2D eigenvalue weighted by Gasteiger charge is 2.22. The molecule has 2 aliphatic carbocycles. The summed E-state index contributed by atoms with van der Waals surface area (Å²) in [5, 5.41) is 5.22. The van der Waals surface area contributed by atoms with Crippen molar-refractivity contribution in [3.05, 3.63) is 78.0 Å². The normalized spacial score (nSPS) is 18.4. The molecule has 6 rings (SSSR count). The predicted molar refractivity (Wildman–Crippen MR) is 136 cm³/mol. The second-order valence-electron chi connectivity index (χ2n) is 10.1. The van der Waals surface area contributed by atoms with E-state index in [0.29, 0.717) is 0 Å². The summed E-state index contributed by atoms with van der Waals surface area (Å²) in [7, 11) is 0. The molecule has 3 aromatic carbocycles. The van der Waals surface area contributed by atoms with E-state index in [1.54, 1.807) is 11.1 Å². The second-order valence-corrected chi connectivity index (χ2v) is 10.1. The first kappa shape index (κ1) is 20.0. The molecule has 2 fully saturated rings. The lowest BCUT2D eigenvalue weighted by atomic mass is 9.78. The number of hydrogen-bond acceptors (Lipinski definition) is 1. The minimum Gasteiger partial charge on any atom is -0.256 e. The third-order valence-electron chi connectivity index (χ3n) is 8.07. The molecule has 0 saturated heterocycles. The minimum absolute atomic E-state index is 0.724. The maximum atomic E-state index is 4.96. The largest absolute Gasteiger partial charge is 0.256 e. The molecule has 2 saturated carbocycles. The highest BCUT2D eigenvalue weighted by Crippen LogP contribution is 2.41. The topological polar surface area (TPSA) is 12.9 Å². The Labute approximate surface area is 191 Å². The van der Waals surface area contributed by atoms with Crippen LogP contribution in [0.5, 0.6) is 0 Å². The number of hydrogen-bond donors (Lipinski definition) is 0. The molecule has 1 aromatic heterocycles. The molecule has 0 unspecified atom stereocenters. The van der Waals surface area contributed by atoms with E-state index in [0.717, 1.165) is 17.5 Å². The molecule has 162 valence electrons. The molecule has 0 aliphatic heterocycles. The fraction of sp³-hybridized carbons (Fsp3) is 0.387. The van der Waals surface area contributed by atoms with E-state index in [4.69, 9.17) is 4.98 Å². The van der Waals surface area contributed by atoms with Gasteiger partial charge in [-0.3, -0.25) is 4.98 Å². The van der Waals surface area contributed by atoms with Gasteiger partial charge in [0.15, 0.2) is 0 Å². The van der Waals surface area contributed by atoms with Gasteiger partial charge in [-0.05, 0) is 83.0 Å². The molecule has 1 heteroatoms. The first-order valence-corrected chi connectivity index (χ1v) is 12.8. The fourth-order valence-corrected chi connectivity index (χ4v) is 6.32. The number of rotatable bonds is 3. The SMILES string of the molecule is c1ccc2c(c1)ccc1c(-c3cc(C4CCCCC4)cc(C4CCCCC4)c3)nccc12. The number of nitrogens with zero attached hydrogens (tertiary/aromatic N) is 1. The van der Waals surface area contributed by atoms with Crippen LogP contribution in [0.1, 0.15) is 87.2 Å². The molecule has 0 N–H and O–H groups in total. The molecular weight excluding hydrogens is 386 g/mol. The molecule has 1 heterocycles. The summed E-state index contributed by atoms with van der Waals surface area (Å²) in [6.45, 7) is 0. The van der Waals surface area contributed by atoms with Crippen molar-refractivity contribution < 1.29 is 0 Å². The first-order chi connectivity index (χ1) is 15.9. The van der Waals surface area contributed by atoms with Crippen molar-refractivity contribution in [1.82, 2.24) is 4.98 Å². The Kier molecular flexibility index (Phi) is 5.43. The van der Waals surface area contributed by atoms with Gasteiger partial charge in [0.05, 0.1) is 5.69 Å². The van der Waals surface area contributed by atoms with Gasteiger partial charge >= 0.3 is 0 Å². The van der Waals surface area contributed by atoms with E-state index >= 15 is 0 Å². The summed E-state index contributed by atoms with van der Waals surface area (Å²) in [4.78, 5) is 4.96. The molecular formula is C31H33N. The van der Waals surface area contributed by atoms with Crippen molar-refractivity contribution in [1.29, 1.82) is 0 Å². The molecule has 0 amide bonds. The van der Waals surface area contributed by atoms with E-state index in [2.05, 4.69) is 60.7 Å². The number of benzene rings is 3. The number of fused-ring (bicyclic) bond motifs is 3. The van der Waals surface area contributed by atoms with Crippen LogP contribution in [-0.2, 0) is 0 Å². The predicted octanol–water partition coefficient (Wildman–Crippen LogP) is 9.15. The highest BCUT2D eigenvalue weighted by molar-refractivity contribution is 6.11. The van der Waals surface area contributed by atoms with Crippen LogP contribution < -0.4 is 0 Å². The fourth-order valence-electron chi connectivity index (χ4n) is 6.32. The van der Waals surface area contributed by atoms with Gasteiger partial charge in [-0.1, -0.05) is 81.0 Å². The third-order valence-corrected chi connectivity index (χ3v) is 8.07. The van der Waals surface area contributed by atoms with Gasteiger partial charge in [0.25, 0.3) is 0 Å². The lowest BCUT2D eigenvalue weighted by Gasteiger charge is -2.27. The maximum absolute atomic E-state index is 4.96. The molecule has 32 heavy (non-hydrogen) atoms. The molecule has 0 radical (unpaired) electrons. The molecule has 0 spiro atoms. The molecule has 0 atom stereocenters. The lowest BCUT2D eigenvalue weighted by Crippen LogP contribution is -2.09. The lowest BCUT2D eigenvalue weighted by molar-refractivity contribution is 0.435. The van der Waals surface area contributed by atoms with Gasteiger partial charge in [0, 0.05) is 17.1 Å². The van der Waals surface area contributed by atoms with Gasteiger partial charge in [-0.2, -0.15) is 0 Å². The average molecular weight is 420 g/mol. The molecule has 4 aromatic rings. The smallest absolute Gasteiger partial charge is 0.0780 e. The van der Waals surface area contributed by atoms with E-state index in [9.17, 15) is 0 Å². The molecule has 1 nitrogen and oxygen atoms in total. The van der Waals surface area contributed by atoms with Gasteiger partial charge < -0.3 is 0 Å². The summed E-state index contributed by atoms with van der Waals surface area (Å²) in [6.07, 6.45) is 15.7. The Hall–Kier alpha value is -2.67. The van der Waals surface area contributed by atoms with E-state index in [1.807, 2.05) is 6.20 Å².